The van der Waals surface area contributed by atoms with Crippen molar-refractivity contribution in [1.82, 2.24) is 9.91 Å². The molecule has 0 aromatic rings. The van der Waals surface area contributed by atoms with Crippen LogP contribution in [-0.4, -0.2) is 35.5 Å². The topological polar surface area (TPSA) is 18.8 Å². The number of hydrogen-bond acceptors (Lipinski definition) is 3. The summed E-state index contributed by atoms with van der Waals surface area (Å²) in [5.74, 6) is 1.67. The standard InChI is InChI=1S/C12H23N3/c1-4-14-8-13-15(9-14)12-7-10(2)5-6-11(12)3/h8,10-12H,4-7,9H2,1-3H3/t10-,11-,12+/m0/s1. The summed E-state index contributed by atoms with van der Waals surface area (Å²) in [6.45, 7) is 8.99. The highest BCUT2D eigenvalue weighted by molar-refractivity contribution is 5.56. The molecule has 0 radical (unpaired) electrons. The fraction of sp³-hybridized carbons (Fsp3) is 0.917. The van der Waals surface area contributed by atoms with Crippen molar-refractivity contribution in [1.29, 1.82) is 0 Å². The molecule has 0 saturated heterocycles. The second-order valence-corrected chi connectivity index (χ2v) is 5.18. The van der Waals surface area contributed by atoms with Crippen LogP contribution in [0, 0.1) is 11.8 Å². The maximum absolute atomic E-state index is 4.53. The minimum atomic E-state index is 0.668. The lowest BCUT2D eigenvalue weighted by molar-refractivity contribution is 0.0812. The maximum atomic E-state index is 4.53. The van der Waals surface area contributed by atoms with E-state index in [0.29, 0.717) is 6.04 Å². The van der Waals surface area contributed by atoms with Gasteiger partial charge in [0.25, 0.3) is 0 Å². The Hall–Kier alpha value is -0.730. The van der Waals surface area contributed by atoms with Gasteiger partial charge in [-0.15, -0.1) is 0 Å². The molecule has 1 saturated carbocycles. The fourth-order valence-corrected chi connectivity index (χ4v) is 2.69. The zero-order valence-electron chi connectivity index (χ0n) is 10.2. The van der Waals surface area contributed by atoms with Crippen LogP contribution in [0.25, 0.3) is 0 Å². The van der Waals surface area contributed by atoms with Gasteiger partial charge in [-0.1, -0.05) is 20.3 Å². The minimum Gasteiger partial charge on any atom is -0.342 e. The molecule has 1 aliphatic heterocycles. The van der Waals surface area contributed by atoms with E-state index in [1.165, 1.54) is 19.3 Å². The largest absolute Gasteiger partial charge is 0.342 e. The van der Waals surface area contributed by atoms with E-state index in [1.54, 1.807) is 0 Å². The number of rotatable bonds is 2. The summed E-state index contributed by atoms with van der Waals surface area (Å²) in [5.41, 5.74) is 0. The van der Waals surface area contributed by atoms with Crippen LogP contribution < -0.4 is 0 Å². The molecule has 0 N–H and O–H groups in total. The fourth-order valence-electron chi connectivity index (χ4n) is 2.69. The van der Waals surface area contributed by atoms with Gasteiger partial charge in [-0.3, -0.25) is 5.01 Å². The van der Waals surface area contributed by atoms with E-state index in [-0.39, 0.29) is 0 Å². The Kier molecular flexibility index (Phi) is 3.17. The third-order valence-corrected chi connectivity index (χ3v) is 3.89. The first-order chi connectivity index (χ1) is 7.20. The van der Waals surface area contributed by atoms with Gasteiger partial charge in [-0.05, 0) is 31.6 Å². The van der Waals surface area contributed by atoms with Crippen LogP contribution in [-0.2, 0) is 0 Å². The molecule has 2 rings (SSSR count). The van der Waals surface area contributed by atoms with Crippen molar-refractivity contribution in [2.24, 2.45) is 16.9 Å². The van der Waals surface area contributed by atoms with Crippen molar-refractivity contribution in [2.75, 3.05) is 13.2 Å². The first kappa shape index (κ1) is 10.8. The van der Waals surface area contributed by atoms with Crippen LogP contribution in [0.3, 0.4) is 0 Å². The Bertz CT molecular complexity index is 239. The molecular weight excluding hydrogens is 186 g/mol. The van der Waals surface area contributed by atoms with E-state index in [9.17, 15) is 0 Å². The zero-order chi connectivity index (χ0) is 10.8. The highest BCUT2D eigenvalue weighted by atomic mass is 15.6. The monoisotopic (exact) mass is 209 g/mol. The van der Waals surface area contributed by atoms with Crippen molar-refractivity contribution < 1.29 is 0 Å². The quantitative estimate of drug-likeness (QED) is 0.695. The first-order valence-corrected chi connectivity index (χ1v) is 6.25. The molecule has 0 aromatic heterocycles. The van der Waals surface area contributed by atoms with E-state index in [2.05, 4.69) is 35.8 Å². The molecule has 0 spiro atoms. The van der Waals surface area contributed by atoms with Gasteiger partial charge < -0.3 is 4.90 Å². The molecule has 3 heteroatoms. The predicted octanol–water partition coefficient (Wildman–Crippen LogP) is 2.35. The molecule has 1 fully saturated rings. The van der Waals surface area contributed by atoms with Crippen molar-refractivity contribution in [3.63, 3.8) is 0 Å². The minimum absolute atomic E-state index is 0.668. The summed E-state index contributed by atoms with van der Waals surface area (Å²) in [7, 11) is 0. The second-order valence-electron chi connectivity index (χ2n) is 5.18. The second kappa shape index (κ2) is 4.42. The molecule has 0 unspecified atom stereocenters. The Balaban J connectivity index is 1.95. The lowest BCUT2D eigenvalue weighted by Crippen LogP contribution is -2.41. The summed E-state index contributed by atoms with van der Waals surface area (Å²) in [5, 5.41) is 6.83. The molecule has 0 aromatic carbocycles. The predicted molar refractivity (Wildman–Crippen MR) is 63.5 cm³/mol. The molecule has 1 aliphatic carbocycles. The SMILES string of the molecule is CCN1C=NN([C@@H]2C[C@@H](C)CC[C@@H]2C)C1. The van der Waals surface area contributed by atoms with Crippen molar-refractivity contribution >= 4 is 6.34 Å². The lowest BCUT2D eigenvalue weighted by Gasteiger charge is -2.37. The third kappa shape index (κ3) is 2.27. The van der Waals surface area contributed by atoms with Gasteiger partial charge in [0, 0.05) is 6.54 Å². The smallest absolute Gasteiger partial charge is 0.113 e. The highest BCUT2D eigenvalue weighted by Crippen LogP contribution is 2.32. The molecule has 1 heterocycles. The molecule has 15 heavy (non-hydrogen) atoms. The molecule has 3 nitrogen and oxygen atoms in total. The van der Waals surface area contributed by atoms with E-state index in [4.69, 9.17) is 0 Å². The van der Waals surface area contributed by atoms with Crippen molar-refractivity contribution in [3.8, 4) is 0 Å². The van der Waals surface area contributed by atoms with E-state index < -0.39 is 0 Å². The molecular formula is C12H23N3. The Morgan fingerprint density at radius 1 is 1.33 bits per heavy atom. The van der Waals surface area contributed by atoms with Gasteiger partial charge in [0.2, 0.25) is 0 Å². The Morgan fingerprint density at radius 2 is 2.13 bits per heavy atom. The average molecular weight is 209 g/mol. The summed E-state index contributed by atoms with van der Waals surface area (Å²) in [6, 6.07) is 0.668. The molecule has 0 amide bonds. The number of nitrogens with zero attached hydrogens (tertiary/aromatic N) is 3. The van der Waals surface area contributed by atoms with Crippen LogP contribution in [0.15, 0.2) is 5.10 Å². The molecule has 0 bridgehead atoms. The maximum Gasteiger partial charge on any atom is 0.113 e. The molecule has 86 valence electrons. The zero-order valence-corrected chi connectivity index (χ0v) is 10.2. The summed E-state index contributed by atoms with van der Waals surface area (Å²) in [6.07, 6.45) is 6.07. The molecule has 2 aliphatic rings. The van der Waals surface area contributed by atoms with E-state index >= 15 is 0 Å². The first-order valence-electron chi connectivity index (χ1n) is 6.25. The van der Waals surface area contributed by atoms with Gasteiger partial charge >= 0.3 is 0 Å². The normalized spacial score (nSPS) is 36.3. The third-order valence-electron chi connectivity index (χ3n) is 3.89. The van der Waals surface area contributed by atoms with Crippen LogP contribution in [0.4, 0.5) is 0 Å². The highest BCUT2D eigenvalue weighted by Gasteiger charge is 2.31. The number of hydrogen-bond donors (Lipinski definition) is 0. The van der Waals surface area contributed by atoms with Crippen LogP contribution in [0.1, 0.15) is 40.0 Å². The van der Waals surface area contributed by atoms with E-state index in [1.807, 2.05) is 6.34 Å². The number of hydrazone groups is 1. The van der Waals surface area contributed by atoms with Crippen LogP contribution in [0.2, 0.25) is 0 Å². The Labute approximate surface area is 93.1 Å². The average Bonchev–Trinajstić information content (AvgIpc) is 2.70. The summed E-state index contributed by atoms with van der Waals surface area (Å²) >= 11 is 0. The lowest BCUT2D eigenvalue weighted by atomic mass is 9.80. The summed E-state index contributed by atoms with van der Waals surface area (Å²) in [4.78, 5) is 2.27. The van der Waals surface area contributed by atoms with Crippen LogP contribution in [0.5, 0.6) is 0 Å². The van der Waals surface area contributed by atoms with Crippen molar-refractivity contribution in [2.45, 2.75) is 46.1 Å². The molecule has 3 atom stereocenters. The van der Waals surface area contributed by atoms with Crippen molar-refractivity contribution in [3.05, 3.63) is 0 Å². The van der Waals surface area contributed by atoms with Gasteiger partial charge in [0.15, 0.2) is 0 Å². The Morgan fingerprint density at radius 3 is 2.80 bits per heavy atom. The van der Waals surface area contributed by atoms with Gasteiger partial charge in [0.1, 0.15) is 13.0 Å². The van der Waals surface area contributed by atoms with Gasteiger partial charge in [0.05, 0.1) is 6.04 Å². The van der Waals surface area contributed by atoms with Gasteiger partial charge in [-0.25, -0.2) is 0 Å². The van der Waals surface area contributed by atoms with Crippen LogP contribution >= 0.6 is 0 Å². The summed E-state index contributed by atoms with van der Waals surface area (Å²) < 4.78 is 0. The van der Waals surface area contributed by atoms with E-state index in [0.717, 1.165) is 25.0 Å². The van der Waals surface area contributed by atoms with Gasteiger partial charge in [-0.2, -0.15) is 5.10 Å².